The Bertz CT molecular complexity index is 462. The number of hydrogen-bond donors (Lipinski definition) is 1. The predicted octanol–water partition coefficient (Wildman–Crippen LogP) is 4.80. The SMILES string of the molecule is CC1CN=C(Nc2cc(Cl)c(Cl)cc2Cl)SC1. The largest absolute Gasteiger partial charge is 0.334 e. The molecule has 1 aliphatic rings. The second kappa shape index (κ2) is 5.70. The van der Waals surface area contributed by atoms with Crippen LogP contribution in [0.2, 0.25) is 15.1 Å². The van der Waals surface area contributed by atoms with Gasteiger partial charge < -0.3 is 5.32 Å². The van der Waals surface area contributed by atoms with Crippen molar-refractivity contribution in [2.24, 2.45) is 10.9 Å². The van der Waals surface area contributed by atoms with Gasteiger partial charge in [0.15, 0.2) is 5.17 Å². The molecule has 2 rings (SSSR count). The van der Waals surface area contributed by atoms with E-state index in [0.717, 1.165) is 23.2 Å². The van der Waals surface area contributed by atoms with Crippen molar-refractivity contribution in [3.8, 4) is 0 Å². The van der Waals surface area contributed by atoms with Crippen LogP contribution in [0.25, 0.3) is 0 Å². The molecule has 1 N–H and O–H groups in total. The van der Waals surface area contributed by atoms with Gasteiger partial charge in [0.05, 0.1) is 20.8 Å². The Labute approximate surface area is 120 Å². The van der Waals surface area contributed by atoms with Crippen LogP contribution in [0.5, 0.6) is 0 Å². The van der Waals surface area contributed by atoms with Gasteiger partial charge in [0.2, 0.25) is 0 Å². The van der Waals surface area contributed by atoms with Crippen LogP contribution in [0, 0.1) is 5.92 Å². The molecule has 1 atom stereocenters. The molecule has 1 unspecified atom stereocenters. The fourth-order valence-electron chi connectivity index (χ4n) is 1.37. The number of benzene rings is 1. The lowest BCUT2D eigenvalue weighted by Gasteiger charge is -2.18. The van der Waals surface area contributed by atoms with E-state index in [1.807, 2.05) is 0 Å². The highest BCUT2D eigenvalue weighted by Crippen LogP contribution is 2.33. The molecule has 92 valence electrons. The zero-order chi connectivity index (χ0) is 12.4. The molecule has 1 aliphatic heterocycles. The van der Waals surface area contributed by atoms with Crippen molar-refractivity contribution in [1.82, 2.24) is 0 Å². The Morgan fingerprint density at radius 1 is 1.24 bits per heavy atom. The van der Waals surface area contributed by atoms with Crippen molar-refractivity contribution in [2.75, 3.05) is 17.6 Å². The van der Waals surface area contributed by atoms with E-state index in [2.05, 4.69) is 17.2 Å². The molecule has 0 amide bonds. The van der Waals surface area contributed by atoms with E-state index in [9.17, 15) is 0 Å². The van der Waals surface area contributed by atoms with Gasteiger partial charge in [-0.1, -0.05) is 53.5 Å². The van der Waals surface area contributed by atoms with E-state index < -0.39 is 0 Å². The molecule has 1 aromatic rings. The maximum Gasteiger partial charge on any atom is 0.161 e. The number of hydrogen-bond acceptors (Lipinski definition) is 3. The predicted molar refractivity (Wildman–Crippen MR) is 79.0 cm³/mol. The molecule has 0 saturated heterocycles. The van der Waals surface area contributed by atoms with E-state index in [1.165, 1.54) is 0 Å². The average Bonchev–Trinajstić information content (AvgIpc) is 2.29. The van der Waals surface area contributed by atoms with Crippen molar-refractivity contribution in [3.63, 3.8) is 0 Å². The molecule has 0 spiro atoms. The standard InChI is InChI=1S/C11H11Cl3N2S/c1-6-4-15-11(17-5-6)16-10-3-8(13)7(12)2-9(10)14/h2-3,6H,4-5H2,1H3,(H,15,16). The lowest BCUT2D eigenvalue weighted by Crippen LogP contribution is -2.18. The normalized spacial score (nSPS) is 20.0. The highest BCUT2D eigenvalue weighted by atomic mass is 35.5. The Kier molecular flexibility index (Phi) is 4.47. The van der Waals surface area contributed by atoms with E-state index in [0.29, 0.717) is 21.0 Å². The van der Waals surface area contributed by atoms with Crippen LogP contribution in [0.4, 0.5) is 5.69 Å². The van der Waals surface area contributed by atoms with E-state index >= 15 is 0 Å². The lowest BCUT2D eigenvalue weighted by molar-refractivity contribution is 0.674. The first-order valence-electron chi connectivity index (χ1n) is 5.15. The Hall–Kier alpha value is -0.0900. The molecule has 0 aromatic heterocycles. The second-order valence-electron chi connectivity index (χ2n) is 3.93. The van der Waals surface area contributed by atoms with Gasteiger partial charge in [0.25, 0.3) is 0 Å². The van der Waals surface area contributed by atoms with Crippen LogP contribution in [-0.4, -0.2) is 17.5 Å². The van der Waals surface area contributed by atoms with Crippen LogP contribution in [0.1, 0.15) is 6.92 Å². The first kappa shape index (κ1) is 13.3. The summed E-state index contributed by atoms with van der Waals surface area (Å²) in [7, 11) is 0. The van der Waals surface area contributed by atoms with Crippen LogP contribution < -0.4 is 5.32 Å². The number of anilines is 1. The molecule has 17 heavy (non-hydrogen) atoms. The smallest absolute Gasteiger partial charge is 0.161 e. The third kappa shape index (κ3) is 3.44. The van der Waals surface area contributed by atoms with Gasteiger partial charge in [-0.15, -0.1) is 0 Å². The number of amidine groups is 1. The Morgan fingerprint density at radius 3 is 2.59 bits per heavy atom. The van der Waals surface area contributed by atoms with Crippen molar-refractivity contribution in [3.05, 3.63) is 27.2 Å². The minimum Gasteiger partial charge on any atom is -0.334 e. The number of nitrogens with zero attached hydrogens (tertiary/aromatic N) is 1. The van der Waals surface area contributed by atoms with Crippen molar-refractivity contribution in [2.45, 2.75) is 6.92 Å². The number of aliphatic imine (C=N–C) groups is 1. The van der Waals surface area contributed by atoms with Crippen molar-refractivity contribution in [1.29, 1.82) is 0 Å². The van der Waals surface area contributed by atoms with Gasteiger partial charge in [-0.3, -0.25) is 4.99 Å². The fourth-order valence-corrected chi connectivity index (χ4v) is 2.86. The van der Waals surface area contributed by atoms with Crippen LogP contribution in [0.15, 0.2) is 17.1 Å². The highest BCUT2D eigenvalue weighted by molar-refractivity contribution is 8.14. The quantitative estimate of drug-likeness (QED) is 0.754. The molecule has 6 heteroatoms. The lowest BCUT2D eigenvalue weighted by atomic mass is 10.2. The fraction of sp³-hybridized carbons (Fsp3) is 0.364. The molecule has 1 heterocycles. The summed E-state index contributed by atoms with van der Waals surface area (Å²) in [4.78, 5) is 4.43. The van der Waals surface area contributed by atoms with E-state index in [-0.39, 0.29) is 0 Å². The van der Waals surface area contributed by atoms with Gasteiger partial charge in [-0.25, -0.2) is 0 Å². The number of halogens is 3. The van der Waals surface area contributed by atoms with Crippen LogP contribution in [0.3, 0.4) is 0 Å². The van der Waals surface area contributed by atoms with Gasteiger partial charge in [-0.05, 0) is 18.1 Å². The molecule has 0 bridgehead atoms. The number of rotatable bonds is 1. The molecule has 0 radical (unpaired) electrons. The minimum atomic E-state index is 0.453. The summed E-state index contributed by atoms with van der Waals surface area (Å²) in [6.07, 6.45) is 0. The topological polar surface area (TPSA) is 24.4 Å². The highest BCUT2D eigenvalue weighted by Gasteiger charge is 2.14. The van der Waals surface area contributed by atoms with E-state index in [1.54, 1.807) is 23.9 Å². The summed E-state index contributed by atoms with van der Waals surface area (Å²) in [6, 6.07) is 3.35. The van der Waals surface area contributed by atoms with Gasteiger partial charge in [-0.2, -0.15) is 0 Å². The first-order chi connectivity index (χ1) is 8.06. The Balaban J connectivity index is 2.16. The molecular weight excluding hydrogens is 299 g/mol. The summed E-state index contributed by atoms with van der Waals surface area (Å²) in [5.74, 6) is 1.68. The molecule has 0 aliphatic carbocycles. The summed E-state index contributed by atoms with van der Waals surface area (Å²) < 4.78 is 0. The molecule has 2 nitrogen and oxygen atoms in total. The third-order valence-electron chi connectivity index (χ3n) is 2.30. The van der Waals surface area contributed by atoms with E-state index in [4.69, 9.17) is 34.8 Å². The number of nitrogens with one attached hydrogen (secondary N) is 1. The van der Waals surface area contributed by atoms with Gasteiger partial charge in [0, 0.05) is 12.3 Å². The van der Waals surface area contributed by atoms with Gasteiger partial charge >= 0.3 is 0 Å². The minimum absolute atomic E-state index is 0.453. The summed E-state index contributed by atoms with van der Waals surface area (Å²) in [5, 5.41) is 5.53. The number of thioether (sulfide) groups is 1. The molecule has 0 fully saturated rings. The first-order valence-corrected chi connectivity index (χ1v) is 7.27. The summed E-state index contributed by atoms with van der Waals surface area (Å²) >= 11 is 19.6. The zero-order valence-electron chi connectivity index (χ0n) is 9.14. The van der Waals surface area contributed by atoms with Crippen molar-refractivity contribution < 1.29 is 0 Å². The second-order valence-corrected chi connectivity index (χ2v) is 6.16. The van der Waals surface area contributed by atoms with Crippen molar-refractivity contribution >= 4 is 57.4 Å². The Morgan fingerprint density at radius 2 is 1.94 bits per heavy atom. The van der Waals surface area contributed by atoms with Crippen LogP contribution in [-0.2, 0) is 0 Å². The third-order valence-corrected chi connectivity index (χ3v) is 4.58. The van der Waals surface area contributed by atoms with Gasteiger partial charge in [0.1, 0.15) is 0 Å². The molecule has 1 aromatic carbocycles. The molecular formula is C11H11Cl3N2S. The zero-order valence-corrected chi connectivity index (χ0v) is 12.2. The maximum atomic E-state index is 6.08. The summed E-state index contributed by atoms with van der Waals surface area (Å²) in [6.45, 7) is 3.02. The maximum absolute atomic E-state index is 6.08. The summed E-state index contributed by atoms with van der Waals surface area (Å²) in [5.41, 5.74) is 0.738. The monoisotopic (exact) mass is 308 g/mol. The average molecular weight is 310 g/mol. The molecule has 0 saturated carbocycles. The van der Waals surface area contributed by atoms with Crippen LogP contribution >= 0.6 is 46.6 Å².